The summed E-state index contributed by atoms with van der Waals surface area (Å²) in [6, 6.07) is 13.9. The molecule has 2 heterocycles. The fraction of sp³-hybridized carbons (Fsp3) is 0.611. The molecule has 1 aromatic rings. The smallest absolute Gasteiger partial charge is 0.0641 e. The normalized spacial score (nSPS) is 25.6. The summed E-state index contributed by atoms with van der Waals surface area (Å²) in [5.74, 6) is 0.835. The second-order valence-corrected chi connectivity index (χ2v) is 6.36. The van der Waals surface area contributed by atoms with Crippen molar-refractivity contribution in [3.05, 3.63) is 35.9 Å². The first-order valence-electron chi connectivity index (χ1n) is 8.28. The molecule has 1 N–H and O–H groups in total. The second-order valence-electron chi connectivity index (χ2n) is 6.36. The van der Waals surface area contributed by atoms with Gasteiger partial charge in [-0.2, -0.15) is 5.26 Å². The molecule has 112 valence electrons. The van der Waals surface area contributed by atoms with Crippen molar-refractivity contribution in [3.63, 3.8) is 0 Å². The topological polar surface area (TPSA) is 39.1 Å². The van der Waals surface area contributed by atoms with Gasteiger partial charge in [0.2, 0.25) is 0 Å². The third-order valence-electron chi connectivity index (χ3n) is 5.15. The number of nitriles is 1. The van der Waals surface area contributed by atoms with E-state index in [2.05, 4.69) is 40.6 Å². The van der Waals surface area contributed by atoms with Crippen LogP contribution in [-0.2, 0) is 0 Å². The lowest BCUT2D eigenvalue weighted by molar-refractivity contribution is 0.120. The Kier molecular flexibility index (Phi) is 4.90. The molecule has 1 aromatic carbocycles. The summed E-state index contributed by atoms with van der Waals surface area (Å²) >= 11 is 0. The first-order chi connectivity index (χ1) is 10.4. The van der Waals surface area contributed by atoms with Crippen LogP contribution in [0.3, 0.4) is 0 Å². The third kappa shape index (κ3) is 3.45. The average molecular weight is 283 g/mol. The van der Waals surface area contributed by atoms with Gasteiger partial charge < -0.3 is 5.32 Å². The van der Waals surface area contributed by atoms with Crippen LogP contribution < -0.4 is 5.32 Å². The Balaban J connectivity index is 1.62. The molecular weight excluding hydrogens is 258 g/mol. The summed E-state index contributed by atoms with van der Waals surface area (Å²) in [7, 11) is 0. The maximum Gasteiger partial charge on any atom is 0.0641 e. The van der Waals surface area contributed by atoms with Crippen molar-refractivity contribution < 1.29 is 0 Å². The van der Waals surface area contributed by atoms with Gasteiger partial charge >= 0.3 is 0 Å². The molecule has 0 spiro atoms. The highest BCUT2D eigenvalue weighted by Gasteiger charge is 2.31. The number of hydrogen-bond acceptors (Lipinski definition) is 3. The number of likely N-dealkylation sites (tertiary alicyclic amines) is 1. The second kappa shape index (κ2) is 7.06. The van der Waals surface area contributed by atoms with Gasteiger partial charge in [0.1, 0.15) is 0 Å². The van der Waals surface area contributed by atoms with Gasteiger partial charge in [0.25, 0.3) is 0 Å². The standard InChI is InChI=1S/C18H25N3/c19-11-8-18(16-5-2-1-3-6-16)21-13-9-15(10-14-21)17-7-4-12-20-17/h1-3,5-6,15,17-18,20H,4,7-10,12-14H2. The van der Waals surface area contributed by atoms with Gasteiger partial charge in [0, 0.05) is 12.1 Å². The van der Waals surface area contributed by atoms with Crippen molar-refractivity contribution in [3.8, 4) is 6.07 Å². The summed E-state index contributed by atoms with van der Waals surface area (Å²) in [6.07, 6.45) is 5.83. The lowest BCUT2D eigenvalue weighted by Crippen LogP contribution is -2.42. The van der Waals surface area contributed by atoms with Crippen LogP contribution in [-0.4, -0.2) is 30.6 Å². The zero-order chi connectivity index (χ0) is 14.5. The van der Waals surface area contributed by atoms with Crippen molar-refractivity contribution in [1.29, 1.82) is 5.26 Å². The highest BCUT2D eigenvalue weighted by molar-refractivity contribution is 5.20. The van der Waals surface area contributed by atoms with E-state index < -0.39 is 0 Å². The van der Waals surface area contributed by atoms with Crippen LogP contribution in [0.15, 0.2) is 30.3 Å². The molecule has 0 amide bonds. The fourth-order valence-electron chi connectivity index (χ4n) is 3.97. The van der Waals surface area contributed by atoms with Gasteiger partial charge in [-0.3, -0.25) is 4.90 Å². The van der Waals surface area contributed by atoms with Crippen molar-refractivity contribution in [2.24, 2.45) is 5.92 Å². The molecule has 2 atom stereocenters. The summed E-state index contributed by atoms with van der Waals surface area (Å²) < 4.78 is 0. The quantitative estimate of drug-likeness (QED) is 0.923. The molecule has 0 radical (unpaired) electrons. The highest BCUT2D eigenvalue weighted by Crippen LogP contribution is 2.31. The van der Waals surface area contributed by atoms with Gasteiger partial charge in [-0.25, -0.2) is 0 Å². The van der Waals surface area contributed by atoms with E-state index in [1.165, 1.54) is 37.8 Å². The van der Waals surface area contributed by atoms with Crippen LogP contribution >= 0.6 is 0 Å². The molecule has 2 fully saturated rings. The number of hydrogen-bond donors (Lipinski definition) is 1. The minimum Gasteiger partial charge on any atom is -0.314 e. The number of rotatable bonds is 4. The van der Waals surface area contributed by atoms with Crippen LogP contribution in [0.25, 0.3) is 0 Å². The summed E-state index contributed by atoms with van der Waals surface area (Å²) in [6.45, 7) is 3.46. The van der Waals surface area contributed by atoms with E-state index in [1.807, 2.05) is 6.07 Å². The lowest BCUT2D eigenvalue weighted by atomic mass is 9.87. The Morgan fingerprint density at radius 2 is 1.95 bits per heavy atom. The molecule has 2 unspecified atom stereocenters. The Morgan fingerprint density at radius 1 is 1.19 bits per heavy atom. The maximum atomic E-state index is 9.17. The van der Waals surface area contributed by atoms with Crippen LogP contribution in [0.5, 0.6) is 0 Å². The van der Waals surface area contributed by atoms with Crippen LogP contribution in [0.4, 0.5) is 0 Å². The Bertz CT molecular complexity index is 465. The van der Waals surface area contributed by atoms with Crippen LogP contribution in [0.1, 0.15) is 43.7 Å². The molecule has 2 saturated heterocycles. The summed E-state index contributed by atoms with van der Waals surface area (Å²) in [5, 5.41) is 12.8. The fourth-order valence-corrected chi connectivity index (χ4v) is 3.97. The molecule has 21 heavy (non-hydrogen) atoms. The number of nitrogens with one attached hydrogen (secondary N) is 1. The van der Waals surface area contributed by atoms with Crippen molar-refractivity contribution in [2.45, 2.75) is 44.2 Å². The van der Waals surface area contributed by atoms with Gasteiger partial charge in [0.05, 0.1) is 12.5 Å². The molecule has 0 aliphatic carbocycles. The van der Waals surface area contributed by atoms with Crippen LogP contribution in [0, 0.1) is 17.2 Å². The minimum absolute atomic E-state index is 0.272. The van der Waals surface area contributed by atoms with Crippen molar-refractivity contribution in [1.82, 2.24) is 10.2 Å². The zero-order valence-corrected chi connectivity index (χ0v) is 12.7. The van der Waals surface area contributed by atoms with E-state index in [1.54, 1.807) is 0 Å². The van der Waals surface area contributed by atoms with Crippen molar-refractivity contribution in [2.75, 3.05) is 19.6 Å². The largest absolute Gasteiger partial charge is 0.314 e. The minimum atomic E-state index is 0.272. The van der Waals surface area contributed by atoms with E-state index in [-0.39, 0.29) is 6.04 Å². The van der Waals surface area contributed by atoms with Gasteiger partial charge in [-0.1, -0.05) is 30.3 Å². The molecule has 3 nitrogen and oxygen atoms in total. The van der Waals surface area contributed by atoms with Crippen molar-refractivity contribution >= 4 is 0 Å². The highest BCUT2D eigenvalue weighted by atomic mass is 15.2. The Morgan fingerprint density at radius 3 is 2.57 bits per heavy atom. The summed E-state index contributed by atoms with van der Waals surface area (Å²) in [5.41, 5.74) is 1.29. The average Bonchev–Trinajstić information content (AvgIpc) is 3.08. The monoisotopic (exact) mass is 283 g/mol. The molecule has 0 saturated carbocycles. The summed E-state index contributed by atoms with van der Waals surface area (Å²) in [4.78, 5) is 2.52. The zero-order valence-electron chi connectivity index (χ0n) is 12.7. The molecular formula is C18H25N3. The van der Waals surface area contributed by atoms with Crippen LogP contribution in [0.2, 0.25) is 0 Å². The predicted octanol–water partition coefficient (Wildman–Crippen LogP) is 3.11. The molecule has 2 aliphatic rings. The molecule has 0 bridgehead atoms. The number of nitrogens with zero attached hydrogens (tertiary/aromatic N) is 2. The molecule has 2 aliphatic heterocycles. The Hall–Kier alpha value is -1.37. The molecule has 3 rings (SSSR count). The predicted molar refractivity (Wildman–Crippen MR) is 84.7 cm³/mol. The van der Waals surface area contributed by atoms with Gasteiger partial charge in [0.15, 0.2) is 0 Å². The van der Waals surface area contributed by atoms with Gasteiger partial charge in [-0.15, -0.1) is 0 Å². The molecule has 0 aromatic heterocycles. The van der Waals surface area contributed by atoms with E-state index in [9.17, 15) is 0 Å². The first kappa shape index (κ1) is 14.6. The van der Waals surface area contributed by atoms with E-state index in [0.717, 1.165) is 25.0 Å². The third-order valence-corrected chi connectivity index (χ3v) is 5.15. The molecule has 3 heteroatoms. The first-order valence-corrected chi connectivity index (χ1v) is 8.28. The number of benzene rings is 1. The SMILES string of the molecule is N#CCC(c1ccccc1)N1CCC(C2CCCN2)CC1. The van der Waals surface area contributed by atoms with E-state index in [0.29, 0.717) is 6.42 Å². The van der Waals surface area contributed by atoms with E-state index in [4.69, 9.17) is 5.26 Å². The van der Waals surface area contributed by atoms with Gasteiger partial charge in [-0.05, 0) is 56.8 Å². The number of piperidine rings is 1. The Labute approximate surface area is 128 Å². The van der Waals surface area contributed by atoms with E-state index >= 15 is 0 Å². The maximum absolute atomic E-state index is 9.17. The lowest BCUT2D eigenvalue weighted by Gasteiger charge is -2.39.